The summed E-state index contributed by atoms with van der Waals surface area (Å²) >= 11 is 0. The molecule has 0 bridgehead atoms. The van der Waals surface area contributed by atoms with Crippen molar-refractivity contribution in [3.8, 4) is 0 Å². The third-order valence-electron chi connectivity index (χ3n) is 2.08. The van der Waals surface area contributed by atoms with Gasteiger partial charge < -0.3 is 0 Å². The van der Waals surface area contributed by atoms with Gasteiger partial charge in [0.25, 0.3) is 0 Å². The van der Waals surface area contributed by atoms with Crippen molar-refractivity contribution in [2.45, 2.75) is 0 Å². The lowest BCUT2D eigenvalue weighted by Gasteiger charge is -1.93. The molecule has 78 valence electrons. The fourth-order valence-electron chi connectivity index (χ4n) is 1.25. The number of hydrogen-bond acceptors (Lipinski definition) is 3. The topological polar surface area (TPSA) is 42.9 Å². The molecule has 0 aromatic carbocycles. The molecule has 2 heterocycles. The molecule has 0 radical (unpaired) electrons. The van der Waals surface area contributed by atoms with E-state index in [4.69, 9.17) is 0 Å². The van der Waals surface area contributed by atoms with Crippen LogP contribution in [0.2, 0.25) is 0 Å². The van der Waals surface area contributed by atoms with Crippen molar-refractivity contribution in [1.82, 2.24) is 9.97 Å². The summed E-state index contributed by atoms with van der Waals surface area (Å²) in [6.45, 7) is 0. The highest BCUT2D eigenvalue weighted by Gasteiger charge is 1.99. The van der Waals surface area contributed by atoms with Crippen molar-refractivity contribution < 1.29 is 4.79 Å². The molecule has 0 aliphatic rings. The van der Waals surface area contributed by atoms with Gasteiger partial charge in [0, 0.05) is 30.4 Å². The normalized spacial score (nSPS) is 10.5. The van der Waals surface area contributed by atoms with Crippen molar-refractivity contribution in [2.75, 3.05) is 0 Å². The van der Waals surface area contributed by atoms with Crippen LogP contribution in [0.1, 0.15) is 15.9 Å². The molecular formula is C13H10N2O. The van der Waals surface area contributed by atoms with Gasteiger partial charge in [-0.3, -0.25) is 14.8 Å². The highest BCUT2D eigenvalue weighted by Crippen LogP contribution is 2.03. The first-order valence-electron chi connectivity index (χ1n) is 4.89. The SMILES string of the molecule is O=C(C=Cc1ccncc1)c1cccnc1. The molecule has 3 heteroatoms. The van der Waals surface area contributed by atoms with E-state index in [1.807, 2.05) is 12.1 Å². The highest BCUT2D eigenvalue weighted by molar-refractivity contribution is 6.06. The summed E-state index contributed by atoms with van der Waals surface area (Å²) in [5.41, 5.74) is 1.54. The standard InChI is InChI=1S/C13H10N2O/c16-13(12-2-1-7-15-10-12)4-3-11-5-8-14-9-6-11/h1-10H. The Kier molecular flexibility index (Phi) is 3.18. The minimum absolute atomic E-state index is 0.0510. The summed E-state index contributed by atoms with van der Waals surface area (Å²) in [7, 11) is 0. The van der Waals surface area contributed by atoms with Crippen molar-refractivity contribution in [1.29, 1.82) is 0 Å². The minimum Gasteiger partial charge on any atom is -0.289 e. The average molecular weight is 210 g/mol. The summed E-state index contributed by atoms with van der Waals surface area (Å²) in [4.78, 5) is 19.5. The van der Waals surface area contributed by atoms with E-state index in [-0.39, 0.29) is 5.78 Å². The largest absolute Gasteiger partial charge is 0.289 e. The molecule has 0 saturated heterocycles. The van der Waals surface area contributed by atoms with Gasteiger partial charge >= 0.3 is 0 Å². The predicted octanol–water partition coefficient (Wildman–Crippen LogP) is 2.37. The number of aromatic nitrogens is 2. The zero-order chi connectivity index (χ0) is 11.2. The molecule has 0 aliphatic heterocycles. The van der Waals surface area contributed by atoms with Crippen molar-refractivity contribution in [3.05, 3.63) is 66.3 Å². The Morgan fingerprint density at radius 2 is 1.88 bits per heavy atom. The summed E-state index contributed by atoms with van der Waals surface area (Å²) in [5.74, 6) is -0.0510. The van der Waals surface area contributed by atoms with Crippen molar-refractivity contribution in [2.24, 2.45) is 0 Å². The second-order valence-corrected chi connectivity index (χ2v) is 3.22. The Morgan fingerprint density at radius 1 is 1.06 bits per heavy atom. The number of pyridine rings is 2. The van der Waals surface area contributed by atoms with Crippen LogP contribution in [0, 0.1) is 0 Å². The first-order valence-corrected chi connectivity index (χ1v) is 4.89. The van der Waals surface area contributed by atoms with Crippen LogP contribution in [-0.2, 0) is 0 Å². The smallest absolute Gasteiger partial charge is 0.187 e. The number of carbonyl (C=O) groups excluding carboxylic acids is 1. The molecule has 0 spiro atoms. The van der Waals surface area contributed by atoms with E-state index in [9.17, 15) is 4.79 Å². The Balaban J connectivity index is 2.12. The molecule has 0 aliphatic carbocycles. The third kappa shape index (κ3) is 2.60. The zero-order valence-electron chi connectivity index (χ0n) is 8.58. The van der Waals surface area contributed by atoms with Gasteiger partial charge in [-0.2, -0.15) is 0 Å². The second-order valence-electron chi connectivity index (χ2n) is 3.22. The lowest BCUT2D eigenvalue weighted by Crippen LogP contribution is -1.93. The summed E-state index contributed by atoms with van der Waals surface area (Å²) < 4.78 is 0. The van der Waals surface area contributed by atoms with Gasteiger partial charge in [0.2, 0.25) is 0 Å². The molecule has 0 atom stereocenters. The minimum atomic E-state index is -0.0510. The first-order chi connectivity index (χ1) is 7.86. The maximum Gasteiger partial charge on any atom is 0.187 e. The number of allylic oxidation sites excluding steroid dienone is 1. The van der Waals surface area contributed by atoms with Gasteiger partial charge in [0.15, 0.2) is 5.78 Å². The summed E-state index contributed by atoms with van der Waals surface area (Å²) in [5, 5.41) is 0. The molecule has 2 aromatic rings. The molecule has 2 aromatic heterocycles. The van der Waals surface area contributed by atoms with Gasteiger partial charge in [-0.25, -0.2) is 0 Å². The van der Waals surface area contributed by atoms with Gasteiger partial charge in [0.1, 0.15) is 0 Å². The molecule has 0 fully saturated rings. The van der Waals surface area contributed by atoms with Crippen LogP contribution in [0.25, 0.3) is 6.08 Å². The van der Waals surface area contributed by atoms with Crippen molar-refractivity contribution >= 4 is 11.9 Å². The fraction of sp³-hybridized carbons (Fsp3) is 0. The van der Waals surface area contributed by atoms with Crippen LogP contribution < -0.4 is 0 Å². The molecule has 2 rings (SSSR count). The van der Waals surface area contributed by atoms with Crippen LogP contribution in [-0.4, -0.2) is 15.8 Å². The van der Waals surface area contributed by atoms with E-state index in [1.165, 1.54) is 6.08 Å². The second kappa shape index (κ2) is 4.98. The van der Waals surface area contributed by atoms with E-state index in [0.29, 0.717) is 5.56 Å². The predicted molar refractivity (Wildman–Crippen MR) is 61.8 cm³/mol. The molecule has 0 amide bonds. The lowest BCUT2D eigenvalue weighted by atomic mass is 10.1. The van der Waals surface area contributed by atoms with Gasteiger partial charge in [0.05, 0.1) is 0 Å². The van der Waals surface area contributed by atoms with Gasteiger partial charge in [-0.15, -0.1) is 0 Å². The maximum atomic E-state index is 11.7. The Labute approximate surface area is 93.5 Å². The van der Waals surface area contributed by atoms with E-state index in [1.54, 1.807) is 43.0 Å². The van der Waals surface area contributed by atoms with Crippen LogP contribution in [0.5, 0.6) is 0 Å². The number of ketones is 1. The maximum absolute atomic E-state index is 11.7. The molecular weight excluding hydrogens is 200 g/mol. The molecule has 0 unspecified atom stereocenters. The van der Waals surface area contributed by atoms with Crippen molar-refractivity contribution in [3.63, 3.8) is 0 Å². The number of hydrogen-bond donors (Lipinski definition) is 0. The molecule has 3 nitrogen and oxygen atoms in total. The molecule has 16 heavy (non-hydrogen) atoms. The fourth-order valence-corrected chi connectivity index (χ4v) is 1.25. The number of carbonyl (C=O) groups is 1. The van der Waals surface area contributed by atoms with Crippen LogP contribution in [0.3, 0.4) is 0 Å². The van der Waals surface area contributed by atoms with Gasteiger partial charge in [-0.1, -0.05) is 6.08 Å². The number of nitrogens with zero attached hydrogens (tertiary/aromatic N) is 2. The van der Waals surface area contributed by atoms with Crippen LogP contribution in [0.4, 0.5) is 0 Å². The van der Waals surface area contributed by atoms with Crippen LogP contribution in [0.15, 0.2) is 55.1 Å². The highest BCUT2D eigenvalue weighted by atomic mass is 16.1. The lowest BCUT2D eigenvalue weighted by molar-refractivity contribution is 0.104. The Morgan fingerprint density at radius 3 is 2.56 bits per heavy atom. The van der Waals surface area contributed by atoms with E-state index >= 15 is 0 Å². The summed E-state index contributed by atoms with van der Waals surface area (Å²) in [6.07, 6.45) is 9.87. The first kappa shape index (κ1) is 10.2. The Hall–Kier alpha value is -2.29. The molecule has 0 N–H and O–H groups in total. The summed E-state index contributed by atoms with van der Waals surface area (Å²) in [6, 6.07) is 7.17. The quantitative estimate of drug-likeness (QED) is 0.577. The van der Waals surface area contributed by atoms with Gasteiger partial charge in [-0.05, 0) is 35.9 Å². The van der Waals surface area contributed by atoms with E-state index < -0.39 is 0 Å². The van der Waals surface area contributed by atoms with E-state index in [2.05, 4.69) is 9.97 Å². The third-order valence-corrected chi connectivity index (χ3v) is 2.08. The zero-order valence-corrected chi connectivity index (χ0v) is 8.58. The van der Waals surface area contributed by atoms with E-state index in [0.717, 1.165) is 5.56 Å². The number of rotatable bonds is 3. The van der Waals surface area contributed by atoms with Crippen LogP contribution >= 0.6 is 0 Å². The average Bonchev–Trinajstić information content (AvgIpc) is 2.38. The monoisotopic (exact) mass is 210 g/mol. The Bertz CT molecular complexity index is 492. The molecule has 0 saturated carbocycles.